The number of allylic oxidation sites excluding steroid dienone is 1. The monoisotopic (exact) mass is 377 g/mol. The number of urea groups is 1. The predicted octanol–water partition coefficient (Wildman–Crippen LogP) is 3.79. The topological polar surface area (TPSA) is 94.6 Å². The average molecular weight is 377 g/mol. The summed E-state index contributed by atoms with van der Waals surface area (Å²) in [6.45, 7) is 2.74. The van der Waals surface area contributed by atoms with Crippen LogP contribution in [0.15, 0.2) is 59.3 Å². The molecule has 3 rings (SSSR count). The number of amides is 2. The summed E-state index contributed by atoms with van der Waals surface area (Å²) in [7, 11) is 0. The first-order valence-corrected chi connectivity index (χ1v) is 9.27. The highest BCUT2D eigenvalue weighted by Crippen LogP contribution is 2.33. The standard InChI is InChI=1S/C21H23N5O2/c1-2-3-11-22-21(28)24-17-9-10-18-16(12-17)13-19(25-18)20(26-23-14-27)15-7-5-4-6-8-15/h4-10,12,25-26H,2-3,11,13H2,1H3,(H2,22,24,28). The minimum atomic E-state index is -0.206. The molecule has 0 unspecified atom stereocenters. The Morgan fingerprint density at radius 1 is 1.21 bits per heavy atom. The van der Waals surface area contributed by atoms with E-state index in [-0.39, 0.29) is 6.03 Å². The number of carbonyl (C=O) groups is 1. The Morgan fingerprint density at radius 2 is 2.04 bits per heavy atom. The molecule has 0 saturated heterocycles. The molecule has 7 nitrogen and oxygen atoms in total. The SMILES string of the molecule is CCCCNC(=O)Nc1ccc2c(c1)CC(=C(NN=C=O)c1ccccc1)N2. The zero-order valence-corrected chi connectivity index (χ0v) is 15.7. The quantitative estimate of drug-likeness (QED) is 0.256. The van der Waals surface area contributed by atoms with Gasteiger partial charge >= 0.3 is 6.03 Å². The maximum absolute atomic E-state index is 12.0. The highest BCUT2D eigenvalue weighted by atomic mass is 16.2. The van der Waals surface area contributed by atoms with Gasteiger partial charge in [-0.25, -0.2) is 9.59 Å². The van der Waals surface area contributed by atoms with E-state index >= 15 is 0 Å². The van der Waals surface area contributed by atoms with Gasteiger partial charge in [0.1, 0.15) is 0 Å². The van der Waals surface area contributed by atoms with Gasteiger partial charge in [0.15, 0.2) is 0 Å². The van der Waals surface area contributed by atoms with Gasteiger partial charge in [0.05, 0.1) is 5.70 Å². The van der Waals surface area contributed by atoms with Crippen molar-refractivity contribution >= 4 is 29.2 Å². The number of hydrogen-bond donors (Lipinski definition) is 4. The van der Waals surface area contributed by atoms with Gasteiger partial charge in [-0.3, -0.25) is 5.43 Å². The molecule has 0 radical (unpaired) electrons. The van der Waals surface area contributed by atoms with Gasteiger partial charge in [-0.2, -0.15) is 0 Å². The number of nitrogens with zero attached hydrogens (tertiary/aromatic N) is 1. The molecule has 28 heavy (non-hydrogen) atoms. The molecule has 4 N–H and O–H groups in total. The normalized spacial score (nSPS) is 13.6. The molecule has 7 heteroatoms. The number of carbonyl (C=O) groups excluding carboxylic acids is 2. The Kier molecular flexibility index (Phi) is 6.44. The van der Waals surface area contributed by atoms with E-state index < -0.39 is 0 Å². The van der Waals surface area contributed by atoms with Gasteiger partial charge < -0.3 is 16.0 Å². The number of benzene rings is 2. The Balaban J connectivity index is 1.78. The van der Waals surface area contributed by atoms with E-state index in [2.05, 4.69) is 33.4 Å². The summed E-state index contributed by atoms with van der Waals surface area (Å²) in [5, 5.41) is 12.6. The fourth-order valence-electron chi connectivity index (χ4n) is 3.03. The first-order valence-electron chi connectivity index (χ1n) is 9.27. The van der Waals surface area contributed by atoms with Crippen molar-refractivity contribution in [2.75, 3.05) is 17.2 Å². The third-order valence-corrected chi connectivity index (χ3v) is 4.41. The second-order valence-electron chi connectivity index (χ2n) is 6.44. The second-order valence-corrected chi connectivity index (χ2v) is 6.44. The van der Waals surface area contributed by atoms with Crippen LogP contribution in [0.4, 0.5) is 16.2 Å². The van der Waals surface area contributed by atoms with Gasteiger partial charge in [0.25, 0.3) is 6.08 Å². The van der Waals surface area contributed by atoms with E-state index in [1.807, 2.05) is 48.5 Å². The van der Waals surface area contributed by atoms with Crippen LogP contribution in [0.25, 0.3) is 5.70 Å². The van der Waals surface area contributed by atoms with Crippen molar-refractivity contribution < 1.29 is 9.59 Å². The van der Waals surface area contributed by atoms with Gasteiger partial charge in [-0.05, 0) is 30.2 Å². The number of hydrazone groups is 1. The molecule has 1 aliphatic rings. The molecule has 2 aromatic rings. The summed E-state index contributed by atoms with van der Waals surface area (Å²) in [6.07, 6.45) is 4.12. The molecule has 0 aliphatic carbocycles. The van der Waals surface area contributed by atoms with Crippen LogP contribution < -0.4 is 21.4 Å². The minimum Gasteiger partial charge on any atom is -0.357 e. The molecule has 0 aromatic heterocycles. The summed E-state index contributed by atoms with van der Waals surface area (Å²) in [6, 6.07) is 15.2. The molecule has 144 valence electrons. The number of isocyanates is 1. The molecule has 0 saturated carbocycles. The smallest absolute Gasteiger partial charge is 0.319 e. The molecule has 0 bridgehead atoms. The van der Waals surface area contributed by atoms with Gasteiger partial charge in [-0.1, -0.05) is 48.8 Å². The fraction of sp³-hybridized carbons (Fsp3) is 0.238. The van der Waals surface area contributed by atoms with Crippen molar-refractivity contribution in [3.05, 3.63) is 65.4 Å². The third-order valence-electron chi connectivity index (χ3n) is 4.41. The first-order chi connectivity index (χ1) is 13.7. The van der Waals surface area contributed by atoms with Gasteiger partial charge in [0.2, 0.25) is 0 Å². The van der Waals surface area contributed by atoms with Crippen molar-refractivity contribution in [1.29, 1.82) is 0 Å². The zero-order chi connectivity index (χ0) is 19.8. The molecular weight excluding hydrogens is 354 g/mol. The lowest BCUT2D eigenvalue weighted by molar-refractivity contribution is 0.252. The average Bonchev–Trinajstić information content (AvgIpc) is 3.12. The Morgan fingerprint density at radius 3 is 2.79 bits per heavy atom. The maximum atomic E-state index is 12.0. The predicted molar refractivity (Wildman–Crippen MR) is 110 cm³/mol. The van der Waals surface area contributed by atoms with Gasteiger partial charge in [-0.15, -0.1) is 0 Å². The van der Waals surface area contributed by atoms with Crippen LogP contribution in [-0.4, -0.2) is 18.7 Å². The molecule has 0 spiro atoms. The van der Waals surface area contributed by atoms with E-state index in [0.717, 1.165) is 41.0 Å². The summed E-state index contributed by atoms with van der Waals surface area (Å²) >= 11 is 0. The highest BCUT2D eigenvalue weighted by molar-refractivity contribution is 5.90. The van der Waals surface area contributed by atoms with Crippen LogP contribution in [0.3, 0.4) is 0 Å². The summed E-state index contributed by atoms with van der Waals surface area (Å²) in [5.74, 6) is 0. The lowest BCUT2D eigenvalue weighted by Crippen LogP contribution is -2.29. The first kappa shape index (κ1) is 19.2. The maximum Gasteiger partial charge on any atom is 0.319 e. The fourth-order valence-corrected chi connectivity index (χ4v) is 3.03. The molecular formula is C21H23N5O2. The van der Waals surface area contributed by atoms with Crippen molar-refractivity contribution in [2.24, 2.45) is 5.10 Å². The Hall–Kier alpha value is -3.57. The molecule has 2 aromatic carbocycles. The van der Waals surface area contributed by atoms with Crippen molar-refractivity contribution in [3.63, 3.8) is 0 Å². The van der Waals surface area contributed by atoms with Crippen LogP contribution in [0, 0.1) is 0 Å². The summed E-state index contributed by atoms with van der Waals surface area (Å²) in [4.78, 5) is 22.5. The van der Waals surface area contributed by atoms with Crippen LogP contribution >= 0.6 is 0 Å². The Bertz CT molecular complexity index is 918. The third kappa shape index (κ3) is 4.78. The number of nitrogens with one attached hydrogen (secondary N) is 4. The molecule has 0 atom stereocenters. The zero-order valence-electron chi connectivity index (χ0n) is 15.7. The second kappa shape index (κ2) is 9.39. The van der Waals surface area contributed by atoms with E-state index in [1.54, 1.807) is 0 Å². The van der Waals surface area contributed by atoms with Crippen LogP contribution in [-0.2, 0) is 11.2 Å². The Labute approximate surface area is 163 Å². The molecule has 0 fully saturated rings. The molecule has 1 heterocycles. The number of hydrogen-bond acceptors (Lipinski definition) is 5. The van der Waals surface area contributed by atoms with Crippen LogP contribution in [0.2, 0.25) is 0 Å². The van der Waals surface area contributed by atoms with Crippen molar-refractivity contribution in [2.45, 2.75) is 26.2 Å². The highest BCUT2D eigenvalue weighted by Gasteiger charge is 2.20. The van der Waals surface area contributed by atoms with Crippen LogP contribution in [0.1, 0.15) is 30.9 Å². The molecule has 1 aliphatic heterocycles. The number of rotatable bonds is 7. The summed E-state index contributed by atoms with van der Waals surface area (Å²) < 4.78 is 0. The van der Waals surface area contributed by atoms with Crippen molar-refractivity contribution in [1.82, 2.24) is 10.7 Å². The van der Waals surface area contributed by atoms with E-state index in [0.29, 0.717) is 18.7 Å². The molecule has 2 amide bonds. The number of unbranched alkanes of at least 4 members (excludes halogenated alkanes) is 1. The summed E-state index contributed by atoms with van der Waals surface area (Å²) in [5.41, 5.74) is 8.03. The lowest BCUT2D eigenvalue weighted by atomic mass is 10.1. The van der Waals surface area contributed by atoms with E-state index in [9.17, 15) is 9.59 Å². The largest absolute Gasteiger partial charge is 0.357 e. The van der Waals surface area contributed by atoms with Crippen molar-refractivity contribution in [3.8, 4) is 0 Å². The van der Waals surface area contributed by atoms with E-state index in [1.165, 1.54) is 6.08 Å². The number of anilines is 2. The van der Waals surface area contributed by atoms with Gasteiger partial charge in [0, 0.05) is 35.6 Å². The minimum absolute atomic E-state index is 0.206. The van der Waals surface area contributed by atoms with E-state index in [4.69, 9.17) is 0 Å². The van der Waals surface area contributed by atoms with Crippen LogP contribution in [0.5, 0.6) is 0 Å². The lowest BCUT2D eigenvalue weighted by Gasteiger charge is -2.10. The number of fused-ring (bicyclic) bond motifs is 1.